The molecule has 2 aromatic rings. The number of nitriles is 1. The van der Waals surface area contributed by atoms with E-state index in [4.69, 9.17) is 14.4 Å². The number of fused-ring (bicyclic) bond motifs is 1. The Bertz CT molecular complexity index is 823. The van der Waals surface area contributed by atoms with Gasteiger partial charge in [-0.1, -0.05) is 0 Å². The Hall–Kier alpha value is -1.62. The fraction of sp³-hybridized carbons (Fsp3) is 0.579. The predicted molar refractivity (Wildman–Crippen MR) is 103 cm³/mol. The molecule has 7 heteroatoms. The van der Waals surface area contributed by atoms with Crippen molar-refractivity contribution in [2.45, 2.75) is 50.3 Å². The summed E-state index contributed by atoms with van der Waals surface area (Å²) in [6.07, 6.45) is 7.94. The van der Waals surface area contributed by atoms with E-state index in [0.29, 0.717) is 29.5 Å². The van der Waals surface area contributed by atoms with Gasteiger partial charge in [0.05, 0.1) is 16.8 Å². The SMILES string of the molecule is COC1CCN(C2CCC(Nc3ncc4oc(C#N)cc4c3Br)CC2)C1. The van der Waals surface area contributed by atoms with Crippen LogP contribution < -0.4 is 5.32 Å². The van der Waals surface area contributed by atoms with Crippen molar-refractivity contribution in [1.29, 1.82) is 5.26 Å². The van der Waals surface area contributed by atoms with Crippen LogP contribution in [0, 0.1) is 11.3 Å². The number of pyridine rings is 1. The molecule has 1 atom stereocenters. The standard InChI is InChI=1S/C19H23BrN4O2/c1-25-14-6-7-24(11-14)13-4-2-12(3-5-13)23-19-18(20)16-8-15(9-21)26-17(16)10-22-19/h8,10,12-14H,2-7,11H2,1H3,(H,22,23). The number of nitrogens with one attached hydrogen (secondary N) is 1. The number of furan rings is 1. The fourth-order valence-corrected chi connectivity index (χ4v) is 4.72. The lowest BCUT2D eigenvalue weighted by molar-refractivity contribution is 0.0947. The quantitative estimate of drug-likeness (QED) is 0.810. The molecule has 0 aromatic carbocycles. The number of ether oxygens (including phenoxy) is 1. The lowest BCUT2D eigenvalue weighted by atomic mass is 9.90. The maximum Gasteiger partial charge on any atom is 0.204 e. The van der Waals surface area contributed by atoms with E-state index in [9.17, 15) is 0 Å². The van der Waals surface area contributed by atoms with Crippen molar-refractivity contribution >= 4 is 32.7 Å². The Kier molecular flexibility index (Phi) is 5.16. The molecule has 1 saturated carbocycles. The first-order valence-corrected chi connectivity index (χ1v) is 9.98. The van der Waals surface area contributed by atoms with Crippen LogP contribution in [0.5, 0.6) is 0 Å². The van der Waals surface area contributed by atoms with Gasteiger partial charge in [0.15, 0.2) is 5.58 Å². The lowest BCUT2D eigenvalue weighted by Crippen LogP contribution is -2.39. The van der Waals surface area contributed by atoms with Gasteiger partial charge in [0.25, 0.3) is 0 Å². The van der Waals surface area contributed by atoms with Gasteiger partial charge in [0.1, 0.15) is 11.9 Å². The highest BCUT2D eigenvalue weighted by Crippen LogP contribution is 2.34. The normalized spacial score (nSPS) is 26.9. The lowest BCUT2D eigenvalue weighted by Gasteiger charge is -2.35. The Labute approximate surface area is 161 Å². The van der Waals surface area contributed by atoms with Crippen LogP contribution in [0.3, 0.4) is 0 Å². The summed E-state index contributed by atoms with van der Waals surface area (Å²) in [5.41, 5.74) is 0.629. The number of rotatable bonds is 4. The molecule has 6 nitrogen and oxygen atoms in total. The summed E-state index contributed by atoms with van der Waals surface area (Å²) < 4.78 is 11.8. The zero-order valence-corrected chi connectivity index (χ0v) is 16.5. The first-order chi connectivity index (χ1) is 12.7. The number of hydrogen-bond donors (Lipinski definition) is 1. The molecule has 0 amide bonds. The van der Waals surface area contributed by atoms with Crippen molar-refractivity contribution < 1.29 is 9.15 Å². The van der Waals surface area contributed by atoms with E-state index in [-0.39, 0.29) is 0 Å². The smallest absolute Gasteiger partial charge is 0.204 e. The monoisotopic (exact) mass is 418 g/mol. The number of methoxy groups -OCH3 is 1. The van der Waals surface area contributed by atoms with Crippen LogP contribution in [-0.2, 0) is 4.74 Å². The highest BCUT2D eigenvalue weighted by molar-refractivity contribution is 9.10. The summed E-state index contributed by atoms with van der Waals surface area (Å²) >= 11 is 3.61. The predicted octanol–water partition coefficient (Wildman–Crippen LogP) is 3.91. The Morgan fingerprint density at radius 3 is 2.85 bits per heavy atom. The van der Waals surface area contributed by atoms with Gasteiger partial charge in [-0.3, -0.25) is 4.90 Å². The van der Waals surface area contributed by atoms with Crippen molar-refractivity contribution in [3.05, 3.63) is 22.5 Å². The van der Waals surface area contributed by atoms with Gasteiger partial charge >= 0.3 is 0 Å². The zero-order valence-electron chi connectivity index (χ0n) is 14.9. The molecule has 0 bridgehead atoms. The number of hydrogen-bond acceptors (Lipinski definition) is 6. The molecule has 3 heterocycles. The molecule has 0 spiro atoms. The van der Waals surface area contributed by atoms with Crippen molar-refractivity contribution in [3.8, 4) is 6.07 Å². The maximum atomic E-state index is 9.00. The summed E-state index contributed by atoms with van der Waals surface area (Å²) in [6, 6.07) is 4.89. The second-order valence-electron chi connectivity index (χ2n) is 7.21. The van der Waals surface area contributed by atoms with E-state index in [1.807, 2.05) is 13.2 Å². The van der Waals surface area contributed by atoms with Gasteiger partial charge < -0.3 is 14.5 Å². The molecule has 1 aliphatic carbocycles. The second-order valence-corrected chi connectivity index (χ2v) is 8.01. The van der Waals surface area contributed by atoms with Gasteiger partial charge in [-0.2, -0.15) is 5.26 Å². The Morgan fingerprint density at radius 1 is 1.35 bits per heavy atom. The van der Waals surface area contributed by atoms with Crippen molar-refractivity contribution in [2.24, 2.45) is 0 Å². The van der Waals surface area contributed by atoms with E-state index in [1.165, 1.54) is 12.8 Å². The van der Waals surface area contributed by atoms with Crippen molar-refractivity contribution in [2.75, 3.05) is 25.5 Å². The van der Waals surface area contributed by atoms with E-state index in [0.717, 1.165) is 48.0 Å². The molecule has 1 aliphatic heterocycles. The minimum absolute atomic E-state index is 0.306. The van der Waals surface area contributed by atoms with Crippen molar-refractivity contribution in [1.82, 2.24) is 9.88 Å². The Balaban J connectivity index is 1.38. The van der Waals surface area contributed by atoms with E-state index in [2.05, 4.69) is 31.1 Å². The average Bonchev–Trinajstić information content (AvgIpc) is 3.31. The summed E-state index contributed by atoms with van der Waals surface area (Å²) in [5, 5.41) is 13.5. The van der Waals surface area contributed by atoms with Gasteiger partial charge in [0.2, 0.25) is 5.76 Å². The topological polar surface area (TPSA) is 74.3 Å². The maximum absolute atomic E-state index is 9.00. The third-order valence-electron chi connectivity index (χ3n) is 5.69. The third kappa shape index (κ3) is 3.46. The number of likely N-dealkylation sites (tertiary alicyclic amines) is 1. The first-order valence-electron chi connectivity index (χ1n) is 9.19. The van der Waals surface area contributed by atoms with Crippen LogP contribution in [0.2, 0.25) is 0 Å². The highest BCUT2D eigenvalue weighted by Gasteiger charge is 2.31. The van der Waals surface area contributed by atoms with E-state index < -0.39 is 0 Å². The highest BCUT2D eigenvalue weighted by atomic mass is 79.9. The molecule has 1 unspecified atom stereocenters. The number of nitrogens with zero attached hydrogens (tertiary/aromatic N) is 3. The van der Waals surface area contributed by atoms with Crippen LogP contribution in [0.15, 0.2) is 21.2 Å². The molecule has 2 aromatic heterocycles. The van der Waals surface area contributed by atoms with Crippen LogP contribution >= 0.6 is 15.9 Å². The van der Waals surface area contributed by atoms with Crippen molar-refractivity contribution in [3.63, 3.8) is 0 Å². The van der Waals surface area contributed by atoms with Crippen LogP contribution in [0.4, 0.5) is 5.82 Å². The number of aromatic nitrogens is 1. The van der Waals surface area contributed by atoms with E-state index in [1.54, 1.807) is 12.3 Å². The first kappa shape index (κ1) is 17.8. The molecule has 1 N–H and O–H groups in total. The summed E-state index contributed by atoms with van der Waals surface area (Å²) in [7, 11) is 1.82. The molecular weight excluding hydrogens is 396 g/mol. The molecule has 26 heavy (non-hydrogen) atoms. The minimum Gasteiger partial charge on any atom is -0.444 e. The second kappa shape index (κ2) is 7.55. The van der Waals surface area contributed by atoms with Gasteiger partial charge in [-0.25, -0.2) is 4.98 Å². The fourth-order valence-electron chi connectivity index (χ4n) is 4.19. The van der Waals surface area contributed by atoms with Crippen LogP contribution in [0.1, 0.15) is 37.9 Å². The summed E-state index contributed by atoms with van der Waals surface area (Å²) in [6.45, 7) is 2.23. The largest absolute Gasteiger partial charge is 0.444 e. The van der Waals surface area contributed by atoms with E-state index >= 15 is 0 Å². The Morgan fingerprint density at radius 2 is 2.15 bits per heavy atom. The minimum atomic E-state index is 0.306. The molecule has 1 saturated heterocycles. The molecule has 0 radical (unpaired) electrons. The third-order valence-corrected chi connectivity index (χ3v) is 6.49. The van der Waals surface area contributed by atoms with Gasteiger partial charge in [0, 0.05) is 43.7 Å². The van der Waals surface area contributed by atoms with Gasteiger partial charge in [-0.15, -0.1) is 0 Å². The summed E-state index contributed by atoms with van der Waals surface area (Å²) in [4.78, 5) is 7.07. The molecule has 2 fully saturated rings. The molecular formula is C19H23BrN4O2. The molecule has 138 valence electrons. The molecule has 4 rings (SSSR count). The summed E-state index contributed by atoms with van der Waals surface area (Å²) in [5.74, 6) is 1.13. The zero-order chi connectivity index (χ0) is 18.1. The average molecular weight is 419 g/mol. The molecule has 2 aliphatic rings. The van der Waals surface area contributed by atoms with Gasteiger partial charge in [-0.05, 0) is 48.0 Å². The van der Waals surface area contributed by atoms with Crippen LogP contribution in [-0.4, -0.2) is 48.3 Å². The number of halogens is 1. The van der Waals surface area contributed by atoms with Crippen LogP contribution in [0.25, 0.3) is 11.0 Å². The number of anilines is 1.